The van der Waals surface area contributed by atoms with Crippen molar-refractivity contribution in [3.8, 4) is 0 Å². The van der Waals surface area contributed by atoms with E-state index < -0.39 is 0 Å². The van der Waals surface area contributed by atoms with Crippen molar-refractivity contribution in [2.24, 2.45) is 0 Å². The van der Waals surface area contributed by atoms with Crippen LogP contribution in [0.4, 0.5) is 5.95 Å². The monoisotopic (exact) mass is 282 g/mol. The van der Waals surface area contributed by atoms with Gasteiger partial charge in [-0.25, -0.2) is 9.97 Å². The van der Waals surface area contributed by atoms with Crippen molar-refractivity contribution in [3.05, 3.63) is 52.3 Å². The smallest absolute Gasteiger partial charge is 0.254 e. The van der Waals surface area contributed by atoms with E-state index in [1.54, 1.807) is 6.20 Å². The maximum atomic E-state index is 12.7. The zero-order valence-corrected chi connectivity index (χ0v) is 12.3. The molecule has 5 heteroatoms. The molecule has 2 aromatic rings. The predicted octanol–water partition coefficient (Wildman–Crippen LogP) is 1.87. The van der Waals surface area contributed by atoms with Crippen LogP contribution >= 0.6 is 0 Å². The largest absolute Gasteiger partial charge is 0.368 e. The molecule has 0 saturated carbocycles. The molecular weight excluding hydrogens is 264 g/mol. The third-order valence-corrected chi connectivity index (χ3v) is 3.72. The number of aromatic nitrogens is 2. The number of hydrogen-bond acceptors (Lipinski definition) is 4. The van der Waals surface area contributed by atoms with Crippen LogP contribution in [-0.4, -0.2) is 27.3 Å². The molecule has 1 aliphatic rings. The number of nitrogens with two attached hydrogens (primary N) is 1. The molecular formula is C16H18N4O. The zero-order chi connectivity index (χ0) is 15.0. The summed E-state index contributed by atoms with van der Waals surface area (Å²) in [5, 5.41) is 0. The molecule has 0 fully saturated rings. The van der Waals surface area contributed by atoms with Crippen LogP contribution in [0.15, 0.2) is 24.4 Å². The Bertz CT molecular complexity index is 691. The Hall–Kier alpha value is -2.43. The second kappa shape index (κ2) is 5.16. The van der Waals surface area contributed by atoms with E-state index in [0.717, 1.165) is 34.4 Å². The molecule has 1 aromatic carbocycles. The van der Waals surface area contributed by atoms with Crippen molar-refractivity contribution >= 4 is 11.9 Å². The first-order valence-corrected chi connectivity index (χ1v) is 7.01. The summed E-state index contributed by atoms with van der Waals surface area (Å²) >= 11 is 0. The number of amides is 1. The van der Waals surface area contributed by atoms with E-state index >= 15 is 0 Å². The van der Waals surface area contributed by atoms with Gasteiger partial charge in [-0.1, -0.05) is 17.2 Å². The van der Waals surface area contributed by atoms with E-state index in [1.165, 1.54) is 0 Å². The summed E-state index contributed by atoms with van der Waals surface area (Å²) in [6, 6.07) is 5.93. The molecule has 0 unspecified atom stereocenters. The Balaban J connectivity index is 1.86. The molecule has 0 aliphatic carbocycles. The fourth-order valence-electron chi connectivity index (χ4n) is 2.77. The second-order valence-electron chi connectivity index (χ2n) is 5.55. The van der Waals surface area contributed by atoms with Crippen LogP contribution in [0.1, 0.15) is 32.7 Å². The van der Waals surface area contributed by atoms with Gasteiger partial charge in [0.2, 0.25) is 5.95 Å². The van der Waals surface area contributed by atoms with Crippen LogP contribution in [0, 0.1) is 13.8 Å². The van der Waals surface area contributed by atoms with Gasteiger partial charge in [0.15, 0.2) is 0 Å². The first-order valence-electron chi connectivity index (χ1n) is 7.01. The number of rotatable bonds is 1. The Kier molecular flexibility index (Phi) is 3.33. The van der Waals surface area contributed by atoms with Crippen LogP contribution < -0.4 is 5.73 Å². The molecule has 0 atom stereocenters. The fraction of sp³-hybridized carbons (Fsp3) is 0.312. The number of anilines is 1. The van der Waals surface area contributed by atoms with Gasteiger partial charge in [-0.2, -0.15) is 0 Å². The molecule has 0 radical (unpaired) electrons. The Morgan fingerprint density at radius 3 is 2.67 bits per heavy atom. The summed E-state index contributed by atoms with van der Waals surface area (Å²) in [5.74, 6) is 0.305. The lowest BCUT2D eigenvalue weighted by Gasteiger charge is -2.28. The van der Waals surface area contributed by atoms with Gasteiger partial charge in [0, 0.05) is 18.3 Å². The molecule has 108 valence electrons. The van der Waals surface area contributed by atoms with Crippen molar-refractivity contribution in [1.29, 1.82) is 0 Å². The topological polar surface area (TPSA) is 72.1 Å². The molecule has 5 nitrogen and oxygen atoms in total. The standard InChI is InChI=1S/C16H18N4O/c1-10-5-11(2)7-13(6-10)15(21)20-4-3-12-8-18-16(17)19-14(12)9-20/h5-8H,3-4,9H2,1-2H3,(H2,17,18,19). The average Bonchev–Trinajstić information content (AvgIpc) is 2.44. The third kappa shape index (κ3) is 2.72. The van der Waals surface area contributed by atoms with Crippen molar-refractivity contribution in [3.63, 3.8) is 0 Å². The highest BCUT2D eigenvalue weighted by atomic mass is 16.2. The Morgan fingerprint density at radius 2 is 1.95 bits per heavy atom. The zero-order valence-electron chi connectivity index (χ0n) is 12.3. The lowest BCUT2D eigenvalue weighted by molar-refractivity contribution is 0.0731. The Labute approximate surface area is 123 Å². The highest BCUT2D eigenvalue weighted by Crippen LogP contribution is 2.20. The molecule has 1 aromatic heterocycles. The summed E-state index contributed by atoms with van der Waals surface area (Å²) in [5.41, 5.74) is 10.5. The molecule has 0 bridgehead atoms. The summed E-state index contributed by atoms with van der Waals surface area (Å²) < 4.78 is 0. The van der Waals surface area contributed by atoms with Crippen LogP contribution in [0.5, 0.6) is 0 Å². The van der Waals surface area contributed by atoms with Crippen LogP contribution in [0.3, 0.4) is 0 Å². The van der Waals surface area contributed by atoms with Gasteiger partial charge >= 0.3 is 0 Å². The number of aryl methyl sites for hydroxylation is 2. The van der Waals surface area contributed by atoms with Crippen LogP contribution in [-0.2, 0) is 13.0 Å². The van der Waals surface area contributed by atoms with Gasteiger partial charge in [0.1, 0.15) is 0 Å². The fourth-order valence-corrected chi connectivity index (χ4v) is 2.77. The SMILES string of the molecule is Cc1cc(C)cc(C(=O)N2CCc3cnc(N)nc3C2)c1. The van der Waals surface area contributed by atoms with Gasteiger partial charge in [-0.05, 0) is 38.0 Å². The number of carbonyl (C=O) groups excluding carboxylic acids is 1. The lowest BCUT2D eigenvalue weighted by Crippen LogP contribution is -2.36. The maximum Gasteiger partial charge on any atom is 0.254 e. The predicted molar refractivity (Wildman–Crippen MR) is 80.8 cm³/mol. The van der Waals surface area contributed by atoms with E-state index in [-0.39, 0.29) is 11.9 Å². The molecule has 1 aliphatic heterocycles. The minimum Gasteiger partial charge on any atom is -0.368 e. The summed E-state index contributed by atoms with van der Waals surface area (Å²) in [6.45, 7) is 5.19. The summed E-state index contributed by atoms with van der Waals surface area (Å²) in [6.07, 6.45) is 2.53. The van der Waals surface area contributed by atoms with E-state index in [2.05, 4.69) is 16.0 Å². The minimum atomic E-state index is 0.0460. The molecule has 1 amide bonds. The highest BCUT2D eigenvalue weighted by Gasteiger charge is 2.23. The summed E-state index contributed by atoms with van der Waals surface area (Å²) in [7, 11) is 0. The first-order chi connectivity index (χ1) is 10.0. The van der Waals surface area contributed by atoms with Crippen LogP contribution in [0.25, 0.3) is 0 Å². The molecule has 0 spiro atoms. The highest BCUT2D eigenvalue weighted by molar-refractivity contribution is 5.94. The second-order valence-corrected chi connectivity index (χ2v) is 5.55. The van der Waals surface area contributed by atoms with E-state index in [9.17, 15) is 4.79 Å². The van der Waals surface area contributed by atoms with Gasteiger partial charge in [0.25, 0.3) is 5.91 Å². The van der Waals surface area contributed by atoms with Gasteiger partial charge in [-0.15, -0.1) is 0 Å². The van der Waals surface area contributed by atoms with Crippen molar-refractivity contribution in [2.75, 3.05) is 12.3 Å². The number of carbonyl (C=O) groups is 1. The van der Waals surface area contributed by atoms with E-state index in [4.69, 9.17) is 5.73 Å². The number of benzene rings is 1. The number of fused-ring (bicyclic) bond motifs is 1. The first kappa shape index (κ1) is 13.5. The number of nitrogen functional groups attached to an aromatic ring is 1. The normalized spacial score (nSPS) is 13.9. The molecule has 21 heavy (non-hydrogen) atoms. The van der Waals surface area contributed by atoms with Gasteiger partial charge in [-0.3, -0.25) is 4.79 Å². The van der Waals surface area contributed by atoms with Gasteiger partial charge < -0.3 is 10.6 Å². The molecule has 2 heterocycles. The maximum absolute atomic E-state index is 12.7. The average molecular weight is 282 g/mol. The van der Waals surface area contributed by atoms with E-state index in [0.29, 0.717) is 13.1 Å². The molecule has 2 N–H and O–H groups in total. The number of nitrogens with zero attached hydrogens (tertiary/aromatic N) is 3. The quantitative estimate of drug-likeness (QED) is 0.866. The van der Waals surface area contributed by atoms with Crippen LogP contribution in [0.2, 0.25) is 0 Å². The minimum absolute atomic E-state index is 0.0460. The number of hydrogen-bond donors (Lipinski definition) is 1. The van der Waals surface area contributed by atoms with Crippen molar-refractivity contribution in [2.45, 2.75) is 26.8 Å². The molecule has 0 saturated heterocycles. The van der Waals surface area contributed by atoms with Crippen molar-refractivity contribution in [1.82, 2.24) is 14.9 Å². The lowest BCUT2D eigenvalue weighted by atomic mass is 10.0. The van der Waals surface area contributed by atoms with Gasteiger partial charge in [0.05, 0.1) is 12.2 Å². The Morgan fingerprint density at radius 1 is 1.24 bits per heavy atom. The third-order valence-electron chi connectivity index (χ3n) is 3.72. The molecule has 3 rings (SSSR count). The van der Waals surface area contributed by atoms with E-state index in [1.807, 2.05) is 30.9 Å². The van der Waals surface area contributed by atoms with Crippen molar-refractivity contribution < 1.29 is 4.79 Å². The summed E-state index contributed by atoms with van der Waals surface area (Å²) in [4.78, 5) is 22.7.